The molecule has 2 aliphatic heterocycles. The zero-order valence-electron chi connectivity index (χ0n) is 19.1. The van der Waals surface area contributed by atoms with E-state index in [1.165, 1.54) is 4.31 Å². The van der Waals surface area contributed by atoms with Gasteiger partial charge in [-0.15, -0.1) is 0 Å². The lowest BCUT2D eigenvalue weighted by Gasteiger charge is -2.26. The van der Waals surface area contributed by atoms with Crippen LogP contribution in [0, 0.1) is 0 Å². The first kappa shape index (κ1) is 23.5. The molecule has 2 aromatic rings. The van der Waals surface area contributed by atoms with Gasteiger partial charge in [0.25, 0.3) is 0 Å². The second-order valence-electron chi connectivity index (χ2n) is 8.42. The highest BCUT2D eigenvalue weighted by Crippen LogP contribution is 2.38. The number of sulfonamides is 1. The van der Waals surface area contributed by atoms with Crippen LogP contribution >= 0.6 is 0 Å². The van der Waals surface area contributed by atoms with Crippen molar-refractivity contribution in [2.75, 3.05) is 45.7 Å². The topological polar surface area (TPSA) is 88.2 Å². The molecule has 0 aliphatic carbocycles. The molecule has 178 valence electrons. The molecule has 2 aromatic carbocycles. The minimum atomic E-state index is -3.53. The number of hydrogen-bond donors (Lipinski definition) is 1. The van der Waals surface area contributed by atoms with E-state index in [2.05, 4.69) is 10.2 Å². The van der Waals surface area contributed by atoms with Gasteiger partial charge in [-0.1, -0.05) is 12.1 Å². The van der Waals surface area contributed by atoms with Crippen molar-refractivity contribution in [2.45, 2.75) is 36.6 Å². The van der Waals surface area contributed by atoms with Crippen molar-refractivity contribution in [1.29, 1.82) is 0 Å². The summed E-state index contributed by atoms with van der Waals surface area (Å²) in [5.74, 6) is 1.29. The Morgan fingerprint density at radius 1 is 1.03 bits per heavy atom. The number of benzene rings is 2. The zero-order valence-corrected chi connectivity index (χ0v) is 19.9. The largest absolute Gasteiger partial charge is 0.497 e. The number of rotatable bonds is 8. The van der Waals surface area contributed by atoms with Gasteiger partial charge >= 0.3 is 0 Å². The molecule has 0 unspecified atom stereocenters. The van der Waals surface area contributed by atoms with Gasteiger partial charge in [0.15, 0.2) is 0 Å². The summed E-state index contributed by atoms with van der Waals surface area (Å²) >= 11 is 0. The Morgan fingerprint density at radius 2 is 1.82 bits per heavy atom. The molecule has 2 fully saturated rings. The van der Waals surface area contributed by atoms with Crippen LogP contribution in [0.15, 0.2) is 47.4 Å². The Kier molecular flexibility index (Phi) is 7.21. The van der Waals surface area contributed by atoms with Crippen molar-refractivity contribution in [3.05, 3.63) is 48.0 Å². The van der Waals surface area contributed by atoms with E-state index in [0.29, 0.717) is 18.8 Å². The minimum Gasteiger partial charge on any atom is -0.497 e. The van der Waals surface area contributed by atoms with Crippen LogP contribution in [0.3, 0.4) is 0 Å². The molecule has 0 saturated carbocycles. The molecule has 8 nitrogen and oxygen atoms in total. The second kappa shape index (κ2) is 10.1. The number of methoxy groups -OCH3 is 2. The molecule has 2 heterocycles. The van der Waals surface area contributed by atoms with Gasteiger partial charge in [0.05, 0.1) is 25.7 Å². The molecule has 0 bridgehead atoms. The number of nitrogens with one attached hydrogen (secondary N) is 1. The number of anilines is 1. The summed E-state index contributed by atoms with van der Waals surface area (Å²) in [4.78, 5) is 15.2. The maximum absolute atomic E-state index is 12.9. The lowest BCUT2D eigenvalue weighted by molar-refractivity contribution is -0.117. The van der Waals surface area contributed by atoms with Crippen LogP contribution in [0.5, 0.6) is 11.5 Å². The average molecular weight is 474 g/mol. The Bertz CT molecular complexity index is 1100. The maximum atomic E-state index is 12.9. The average Bonchev–Trinajstić information content (AvgIpc) is 3.51. The quantitative estimate of drug-likeness (QED) is 0.633. The fourth-order valence-electron chi connectivity index (χ4n) is 4.66. The molecule has 1 amide bonds. The van der Waals surface area contributed by atoms with Crippen molar-refractivity contribution >= 4 is 21.6 Å². The zero-order chi connectivity index (χ0) is 23.4. The van der Waals surface area contributed by atoms with Gasteiger partial charge in [0.1, 0.15) is 11.5 Å². The molecule has 0 aromatic heterocycles. The fourth-order valence-corrected chi connectivity index (χ4v) is 6.22. The second-order valence-corrected chi connectivity index (χ2v) is 10.4. The molecule has 1 N–H and O–H groups in total. The van der Waals surface area contributed by atoms with Gasteiger partial charge in [0, 0.05) is 36.4 Å². The van der Waals surface area contributed by atoms with Gasteiger partial charge < -0.3 is 14.8 Å². The standard InChI is InChI=1S/C24H31N3O5S/c1-31-19-10-11-21(23(16-19)32-2)22-9-6-12-26(22)17-24(28)25-18-7-5-8-20(15-18)33(29,30)27-13-3-4-14-27/h5,7-8,10-11,15-16,22H,3-4,6,9,12-14,17H2,1-2H3,(H,25,28)/t22-/m0/s1. The van der Waals surface area contributed by atoms with Gasteiger partial charge in [-0.3, -0.25) is 9.69 Å². The first-order valence-electron chi connectivity index (χ1n) is 11.3. The Morgan fingerprint density at radius 3 is 2.55 bits per heavy atom. The highest BCUT2D eigenvalue weighted by molar-refractivity contribution is 7.89. The third kappa shape index (κ3) is 5.15. The maximum Gasteiger partial charge on any atom is 0.243 e. The molecule has 0 spiro atoms. The molecule has 2 aliphatic rings. The highest BCUT2D eigenvalue weighted by Gasteiger charge is 2.30. The van der Waals surface area contributed by atoms with Crippen molar-refractivity contribution < 1.29 is 22.7 Å². The van der Waals surface area contributed by atoms with E-state index in [4.69, 9.17) is 9.47 Å². The summed E-state index contributed by atoms with van der Waals surface area (Å²) in [7, 11) is -0.281. The van der Waals surface area contributed by atoms with Crippen LogP contribution in [0.2, 0.25) is 0 Å². The van der Waals surface area contributed by atoms with E-state index in [9.17, 15) is 13.2 Å². The van der Waals surface area contributed by atoms with Gasteiger partial charge in [0.2, 0.25) is 15.9 Å². The SMILES string of the molecule is COc1ccc([C@@H]2CCCN2CC(=O)Nc2cccc(S(=O)(=O)N3CCCC3)c2)c(OC)c1. The summed E-state index contributed by atoms with van der Waals surface area (Å²) in [6.45, 7) is 2.10. The predicted molar refractivity (Wildman–Crippen MR) is 126 cm³/mol. The summed E-state index contributed by atoms with van der Waals surface area (Å²) in [6, 6.07) is 12.3. The number of carbonyl (C=O) groups excluding carboxylic acids is 1. The van der Waals surface area contributed by atoms with Gasteiger partial charge in [-0.25, -0.2) is 8.42 Å². The van der Waals surface area contributed by atoms with Crippen LogP contribution in [0.4, 0.5) is 5.69 Å². The fraction of sp³-hybridized carbons (Fsp3) is 0.458. The van der Waals surface area contributed by atoms with Crippen molar-refractivity contribution in [1.82, 2.24) is 9.21 Å². The van der Waals surface area contributed by atoms with Crippen LogP contribution in [0.25, 0.3) is 0 Å². The third-order valence-corrected chi connectivity index (χ3v) is 8.23. The predicted octanol–water partition coefficient (Wildman–Crippen LogP) is 3.26. The number of carbonyl (C=O) groups is 1. The molecule has 0 radical (unpaired) electrons. The van der Waals surface area contributed by atoms with E-state index >= 15 is 0 Å². The highest BCUT2D eigenvalue weighted by atomic mass is 32.2. The molecular formula is C24H31N3O5S. The van der Waals surface area contributed by atoms with E-state index in [-0.39, 0.29) is 23.4 Å². The summed E-state index contributed by atoms with van der Waals surface area (Å²) in [6.07, 6.45) is 3.67. The Hall–Kier alpha value is -2.62. The molecule has 1 atom stereocenters. The normalized spacial score (nSPS) is 19.5. The molecule has 2 saturated heterocycles. The molecular weight excluding hydrogens is 442 g/mol. The van der Waals surface area contributed by atoms with Crippen LogP contribution in [-0.2, 0) is 14.8 Å². The van der Waals surface area contributed by atoms with Crippen LogP contribution in [0.1, 0.15) is 37.3 Å². The molecule has 4 rings (SSSR count). The smallest absolute Gasteiger partial charge is 0.243 e. The van der Waals surface area contributed by atoms with Gasteiger partial charge in [-0.05, 0) is 56.5 Å². The number of ether oxygens (including phenoxy) is 2. The first-order valence-corrected chi connectivity index (χ1v) is 12.7. The lowest BCUT2D eigenvalue weighted by atomic mass is 10.0. The Balaban J connectivity index is 1.45. The van der Waals surface area contributed by atoms with Crippen LogP contribution < -0.4 is 14.8 Å². The lowest BCUT2D eigenvalue weighted by Crippen LogP contribution is -2.33. The van der Waals surface area contributed by atoms with E-state index in [1.807, 2.05) is 18.2 Å². The monoisotopic (exact) mass is 473 g/mol. The molecule has 9 heteroatoms. The van der Waals surface area contributed by atoms with Gasteiger partial charge in [-0.2, -0.15) is 4.31 Å². The Labute approximate surface area is 195 Å². The number of amides is 1. The minimum absolute atomic E-state index is 0.0680. The number of hydrogen-bond acceptors (Lipinski definition) is 6. The summed E-state index contributed by atoms with van der Waals surface area (Å²) < 4.78 is 38.1. The van der Waals surface area contributed by atoms with E-state index < -0.39 is 10.0 Å². The number of likely N-dealkylation sites (tertiary alicyclic amines) is 1. The third-order valence-electron chi connectivity index (χ3n) is 6.33. The van der Waals surface area contributed by atoms with Crippen molar-refractivity contribution in [3.8, 4) is 11.5 Å². The molecule has 33 heavy (non-hydrogen) atoms. The summed E-state index contributed by atoms with van der Waals surface area (Å²) in [5.41, 5.74) is 1.51. The van der Waals surface area contributed by atoms with E-state index in [0.717, 1.165) is 49.3 Å². The first-order chi connectivity index (χ1) is 15.9. The number of nitrogens with zero attached hydrogens (tertiary/aromatic N) is 2. The van der Waals surface area contributed by atoms with Crippen LogP contribution in [-0.4, -0.2) is 63.9 Å². The summed E-state index contributed by atoms with van der Waals surface area (Å²) in [5, 5.41) is 2.88. The van der Waals surface area contributed by atoms with Crippen molar-refractivity contribution in [2.24, 2.45) is 0 Å². The van der Waals surface area contributed by atoms with E-state index in [1.54, 1.807) is 38.5 Å². The van der Waals surface area contributed by atoms with Crippen molar-refractivity contribution in [3.63, 3.8) is 0 Å².